The van der Waals surface area contributed by atoms with E-state index < -0.39 is 5.54 Å². The molecular formula is C21H24ClN7O. The average Bonchev–Trinajstić information content (AvgIpc) is 2.73. The highest BCUT2D eigenvalue weighted by Crippen LogP contribution is 2.34. The predicted octanol–water partition coefficient (Wildman–Crippen LogP) is 3.70. The number of aromatic nitrogens is 4. The molecule has 30 heavy (non-hydrogen) atoms. The van der Waals surface area contributed by atoms with Crippen molar-refractivity contribution in [2.75, 3.05) is 11.1 Å². The molecule has 1 aromatic carbocycles. The molecule has 156 valence electrons. The molecule has 2 atom stereocenters. The van der Waals surface area contributed by atoms with Crippen LogP contribution in [-0.4, -0.2) is 25.1 Å². The summed E-state index contributed by atoms with van der Waals surface area (Å²) in [4.78, 5) is 26.0. The summed E-state index contributed by atoms with van der Waals surface area (Å²) in [6, 6.07) is 7.34. The molecule has 0 saturated carbocycles. The molecule has 0 aliphatic carbocycles. The molecule has 0 radical (unpaired) electrons. The third kappa shape index (κ3) is 3.68. The monoisotopic (exact) mass is 425 g/mol. The van der Waals surface area contributed by atoms with Gasteiger partial charge in [0.25, 0.3) is 5.56 Å². The van der Waals surface area contributed by atoms with Gasteiger partial charge in [-0.1, -0.05) is 31.5 Å². The number of nitrogen functional groups attached to an aromatic ring is 1. The molecule has 2 heterocycles. The number of hydrogen-bond acceptors (Lipinski definition) is 7. The summed E-state index contributed by atoms with van der Waals surface area (Å²) in [5, 5.41) is 13.6. The van der Waals surface area contributed by atoms with Gasteiger partial charge >= 0.3 is 0 Å². The van der Waals surface area contributed by atoms with Gasteiger partial charge < -0.3 is 11.1 Å². The van der Waals surface area contributed by atoms with Gasteiger partial charge in [0.1, 0.15) is 23.3 Å². The summed E-state index contributed by atoms with van der Waals surface area (Å²) in [7, 11) is 0. The molecule has 0 aliphatic heterocycles. The predicted molar refractivity (Wildman–Crippen MR) is 119 cm³/mol. The van der Waals surface area contributed by atoms with E-state index in [1.165, 1.54) is 6.20 Å². The minimum absolute atomic E-state index is 0.0755. The second kappa shape index (κ2) is 8.28. The van der Waals surface area contributed by atoms with Crippen molar-refractivity contribution < 1.29 is 0 Å². The van der Waals surface area contributed by atoms with Crippen molar-refractivity contribution in [2.45, 2.75) is 52.1 Å². The Bertz CT molecular complexity index is 1200. The van der Waals surface area contributed by atoms with Gasteiger partial charge in [0.05, 0.1) is 22.1 Å². The highest BCUT2D eigenvalue weighted by atomic mass is 35.5. The van der Waals surface area contributed by atoms with Crippen LogP contribution in [0.1, 0.15) is 51.4 Å². The number of nitrogens with zero attached hydrogens (tertiary/aromatic N) is 5. The lowest BCUT2D eigenvalue weighted by atomic mass is 9.83. The molecule has 0 aliphatic rings. The van der Waals surface area contributed by atoms with E-state index in [0.29, 0.717) is 46.1 Å². The first kappa shape index (κ1) is 21.5. The zero-order valence-corrected chi connectivity index (χ0v) is 18.2. The first-order chi connectivity index (χ1) is 14.3. The van der Waals surface area contributed by atoms with Crippen LogP contribution in [-0.2, 0) is 6.54 Å². The second-order valence-electron chi connectivity index (χ2n) is 7.37. The molecule has 3 aromatic rings. The Morgan fingerprint density at radius 1 is 1.37 bits per heavy atom. The fraction of sp³-hybridized carbons (Fsp3) is 0.381. The zero-order valence-electron chi connectivity index (χ0n) is 17.4. The number of rotatable bonds is 6. The maximum atomic E-state index is 13.2. The number of halogens is 1. The maximum absolute atomic E-state index is 13.2. The van der Waals surface area contributed by atoms with Gasteiger partial charge in [-0.25, -0.2) is 9.97 Å². The van der Waals surface area contributed by atoms with Crippen LogP contribution < -0.4 is 16.6 Å². The largest absolute Gasteiger partial charge is 0.368 e. The summed E-state index contributed by atoms with van der Waals surface area (Å²) in [6.07, 6.45) is 2.07. The lowest BCUT2D eigenvalue weighted by Crippen LogP contribution is -2.43. The molecule has 3 rings (SSSR count). The molecule has 2 aromatic heterocycles. The van der Waals surface area contributed by atoms with Crippen molar-refractivity contribution in [3.63, 3.8) is 0 Å². The van der Waals surface area contributed by atoms with Crippen molar-refractivity contribution in [1.29, 1.82) is 5.26 Å². The topological polar surface area (TPSA) is 123 Å². The summed E-state index contributed by atoms with van der Waals surface area (Å²) >= 11 is 6.27. The standard InChI is InChI=1S/C21H24ClN7O/c1-5-21(4,28-17-13(10-23)11-25-20(24)27-17)12(3)18-26-15-9-7-8-14(22)16(15)19(30)29(18)6-2/h7-9,11-12H,5-6H2,1-4H3,(H3,24,25,27,28). The number of nitrogens with one attached hydrogen (secondary N) is 1. The highest BCUT2D eigenvalue weighted by molar-refractivity contribution is 6.35. The molecule has 0 bridgehead atoms. The van der Waals surface area contributed by atoms with Crippen molar-refractivity contribution in [3.05, 3.63) is 51.2 Å². The Labute approximate surface area is 179 Å². The summed E-state index contributed by atoms with van der Waals surface area (Å²) < 4.78 is 1.65. The van der Waals surface area contributed by atoms with Gasteiger partial charge in [-0.05, 0) is 32.4 Å². The minimum atomic E-state index is -0.574. The van der Waals surface area contributed by atoms with Crippen LogP contribution in [0, 0.1) is 11.3 Å². The van der Waals surface area contributed by atoms with Crippen LogP contribution in [0.5, 0.6) is 0 Å². The molecule has 0 saturated heterocycles. The molecule has 2 unspecified atom stereocenters. The second-order valence-corrected chi connectivity index (χ2v) is 7.78. The fourth-order valence-corrected chi connectivity index (χ4v) is 3.76. The van der Waals surface area contributed by atoms with Crippen LogP contribution in [0.25, 0.3) is 10.9 Å². The highest BCUT2D eigenvalue weighted by Gasteiger charge is 2.35. The first-order valence-electron chi connectivity index (χ1n) is 9.75. The molecular weight excluding hydrogens is 402 g/mol. The molecule has 0 spiro atoms. The first-order valence-corrected chi connectivity index (χ1v) is 10.1. The maximum Gasteiger partial charge on any atom is 0.262 e. The van der Waals surface area contributed by atoms with E-state index in [1.807, 2.05) is 27.7 Å². The van der Waals surface area contributed by atoms with Gasteiger partial charge in [-0.2, -0.15) is 10.2 Å². The number of nitriles is 1. The third-order valence-corrected chi connectivity index (χ3v) is 6.00. The van der Waals surface area contributed by atoms with E-state index in [2.05, 4.69) is 21.4 Å². The third-order valence-electron chi connectivity index (χ3n) is 5.69. The van der Waals surface area contributed by atoms with Crippen LogP contribution in [0.3, 0.4) is 0 Å². The van der Waals surface area contributed by atoms with Crippen molar-refractivity contribution in [2.24, 2.45) is 0 Å². The van der Waals surface area contributed by atoms with E-state index in [-0.39, 0.29) is 17.4 Å². The average molecular weight is 426 g/mol. The van der Waals surface area contributed by atoms with Crippen LogP contribution >= 0.6 is 11.6 Å². The van der Waals surface area contributed by atoms with Gasteiger partial charge in [-0.3, -0.25) is 9.36 Å². The van der Waals surface area contributed by atoms with Gasteiger partial charge in [0, 0.05) is 18.0 Å². The van der Waals surface area contributed by atoms with E-state index in [1.54, 1.807) is 22.8 Å². The van der Waals surface area contributed by atoms with Gasteiger partial charge in [-0.15, -0.1) is 0 Å². The summed E-state index contributed by atoms with van der Waals surface area (Å²) in [5.41, 5.74) is 5.84. The van der Waals surface area contributed by atoms with Crippen LogP contribution in [0.4, 0.5) is 11.8 Å². The number of nitrogens with two attached hydrogens (primary N) is 1. The van der Waals surface area contributed by atoms with Gasteiger partial charge in [0.15, 0.2) is 0 Å². The van der Waals surface area contributed by atoms with E-state index >= 15 is 0 Å². The van der Waals surface area contributed by atoms with Crippen molar-refractivity contribution in [3.8, 4) is 6.07 Å². The van der Waals surface area contributed by atoms with Crippen LogP contribution in [0.15, 0.2) is 29.2 Å². The molecule has 9 heteroatoms. The van der Waals surface area contributed by atoms with Crippen molar-refractivity contribution >= 4 is 34.3 Å². The molecule has 0 fully saturated rings. The number of hydrogen-bond donors (Lipinski definition) is 2. The lowest BCUT2D eigenvalue weighted by Gasteiger charge is -2.37. The Morgan fingerprint density at radius 2 is 2.10 bits per heavy atom. The number of benzene rings is 1. The number of fused-ring (bicyclic) bond motifs is 1. The normalized spacial score (nSPS) is 14.1. The zero-order chi connectivity index (χ0) is 22.1. The Morgan fingerprint density at radius 3 is 2.73 bits per heavy atom. The Kier molecular flexibility index (Phi) is 5.94. The quantitative estimate of drug-likeness (QED) is 0.617. The van der Waals surface area contributed by atoms with E-state index in [9.17, 15) is 10.1 Å². The Balaban J connectivity index is 2.15. The summed E-state index contributed by atoms with van der Waals surface area (Å²) in [6.45, 7) is 8.38. The van der Waals surface area contributed by atoms with Gasteiger partial charge in [0.2, 0.25) is 5.95 Å². The fourth-order valence-electron chi connectivity index (χ4n) is 3.51. The van der Waals surface area contributed by atoms with E-state index in [4.69, 9.17) is 22.3 Å². The molecule has 3 N–H and O–H groups in total. The van der Waals surface area contributed by atoms with Crippen molar-refractivity contribution in [1.82, 2.24) is 19.5 Å². The van der Waals surface area contributed by atoms with E-state index in [0.717, 1.165) is 0 Å². The lowest BCUT2D eigenvalue weighted by molar-refractivity contribution is 0.389. The number of anilines is 2. The minimum Gasteiger partial charge on any atom is -0.368 e. The van der Waals surface area contributed by atoms with Crippen LogP contribution in [0.2, 0.25) is 5.02 Å². The Hall–Kier alpha value is -3.18. The molecule has 0 amide bonds. The molecule has 8 nitrogen and oxygen atoms in total. The smallest absolute Gasteiger partial charge is 0.262 e. The summed E-state index contributed by atoms with van der Waals surface area (Å²) in [5.74, 6) is 0.859. The SMILES string of the molecule is CCn1c(C(C)C(C)(CC)Nc2nc(N)ncc2C#N)nc2cccc(Cl)c2c1=O.